The maximum Gasteiger partial charge on any atom is 0.0485 e. The van der Waals surface area contributed by atoms with Crippen molar-refractivity contribution in [3.63, 3.8) is 0 Å². The van der Waals surface area contributed by atoms with E-state index < -0.39 is 0 Å². The van der Waals surface area contributed by atoms with Crippen molar-refractivity contribution in [1.82, 2.24) is 4.37 Å². The summed E-state index contributed by atoms with van der Waals surface area (Å²) in [7, 11) is 0. The van der Waals surface area contributed by atoms with Crippen LogP contribution in [-0.2, 0) is 0 Å². The largest absolute Gasteiger partial charge is 0.201 e. The first-order valence-corrected chi connectivity index (χ1v) is 4.73. The molecule has 2 rings (SSSR count). The van der Waals surface area contributed by atoms with Gasteiger partial charge in [0.1, 0.15) is 0 Å². The van der Waals surface area contributed by atoms with Gasteiger partial charge in [0.25, 0.3) is 0 Å². The second kappa shape index (κ2) is 3.25. The summed E-state index contributed by atoms with van der Waals surface area (Å²) >= 11 is 7.43. The maximum absolute atomic E-state index is 5.99. The normalized spacial score (nSPS) is 10.1. The molecule has 0 saturated carbocycles. The van der Waals surface area contributed by atoms with Crippen LogP contribution in [0, 0.1) is 0 Å². The number of aromatic nitrogens is 1. The van der Waals surface area contributed by atoms with Crippen molar-refractivity contribution in [2.75, 3.05) is 0 Å². The zero-order valence-electron chi connectivity index (χ0n) is 6.20. The van der Waals surface area contributed by atoms with Gasteiger partial charge < -0.3 is 0 Å². The molecule has 0 aliphatic rings. The predicted molar refractivity (Wildman–Crippen MR) is 52.6 cm³/mol. The fourth-order valence-corrected chi connectivity index (χ4v) is 1.81. The fourth-order valence-electron chi connectivity index (χ4n) is 1.03. The summed E-state index contributed by atoms with van der Waals surface area (Å²) in [6, 6.07) is 7.77. The van der Waals surface area contributed by atoms with Crippen LogP contribution in [0.25, 0.3) is 11.1 Å². The van der Waals surface area contributed by atoms with Crippen molar-refractivity contribution < 1.29 is 0 Å². The Balaban J connectivity index is 2.55. The highest BCUT2D eigenvalue weighted by molar-refractivity contribution is 7.03. The van der Waals surface area contributed by atoms with Crippen molar-refractivity contribution in [3.8, 4) is 11.1 Å². The third-order valence-corrected chi connectivity index (χ3v) is 2.53. The Morgan fingerprint density at radius 2 is 2.08 bits per heavy atom. The lowest BCUT2D eigenvalue weighted by molar-refractivity contribution is 1.56. The van der Waals surface area contributed by atoms with Gasteiger partial charge in [0.2, 0.25) is 0 Å². The summed E-state index contributed by atoms with van der Waals surface area (Å²) in [5, 5.41) is 2.76. The second-order valence-electron chi connectivity index (χ2n) is 2.39. The average Bonchev–Trinajstić information content (AvgIpc) is 2.57. The van der Waals surface area contributed by atoms with E-state index in [2.05, 4.69) is 4.37 Å². The monoisotopic (exact) mass is 195 g/mol. The molecule has 1 aromatic carbocycles. The van der Waals surface area contributed by atoms with Crippen molar-refractivity contribution in [3.05, 3.63) is 40.9 Å². The van der Waals surface area contributed by atoms with Gasteiger partial charge in [-0.3, -0.25) is 0 Å². The molecule has 2 aromatic rings. The molecule has 0 saturated heterocycles. The lowest BCUT2D eigenvalue weighted by Crippen LogP contribution is -1.73. The van der Waals surface area contributed by atoms with Crippen LogP contribution in [0.15, 0.2) is 35.8 Å². The van der Waals surface area contributed by atoms with Gasteiger partial charge in [-0.05, 0) is 17.6 Å². The third kappa shape index (κ3) is 1.36. The summed E-state index contributed by atoms with van der Waals surface area (Å²) in [5.41, 5.74) is 2.14. The maximum atomic E-state index is 5.99. The molecular formula is C9H6ClNS. The molecule has 0 radical (unpaired) electrons. The highest BCUT2D eigenvalue weighted by Crippen LogP contribution is 2.27. The van der Waals surface area contributed by atoms with E-state index in [1.807, 2.05) is 35.8 Å². The first-order valence-electron chi connectivity index (χ1n) is 3.52. The van der Waals surface area contributed by atoms with E-state index in [4.69, 9.17) is 11.6 Å². The molecule has 12 heavy (non-hydrogen) atoms. The predicted octanol–water partition coefficient (Wildman–Crippen LogP) is 3.46. The molecule has 0 unspecified atom stereocenters. The van der Waals surface area contributed by atoms with Gasteiger partial charge in [-0.1, -0.05) is 29.8 Å². The minimum atomic E-state index is 0.776. The van der Waals surface area contributed by atoms with Crippen LogP contribution < -0.4 is 0 Å². The van der Waals surface area contributed by atoms with Crippen LogP contribution in [0.4, 0.5) is 0 Å². The topological polar surface area (TPSA) is 12.9 Å². The molecule has 60 valence electrons. The van der Waals surface area contributed by atoms with E-state index in [1.165, 1.54) is 11.5 Å². The van der Waals surface area contributed by atoms with E-state index >= 15 is 0 Å². The van der Waals surface area contributed by atoms with Gasteiger partial charge in [0.15, 0.2) is 0 Å². The van der Waals surface area contributed by atoms with E-state index in [0.717, 1.165) is 16.1 Å². The number of nitrogens with zero attached hydrogens (tertiary/aromatic N) is 1. The van der Waals surface area contributed by atoms with E-state index in [0.29, 0.717) is 0 Å². The number of halogens is 1. The molecule has 3 heteroatoms. The first kappa shape index (κ1) is 7.77. The molecule has 0 fully saturated rings. The third-order valence-electron chi connectivity index (χ3n) is 1.62. The quantitative estimate of drug-likeness (QED) is 0.679. The minimum Gasteiger partial charge on any atom is -0.201 e. The smallest absolute Gasteiger partial charge is 0.0485 e. The molecule has 0 bridgehead atoms. The molecule has 0 aliphatic carbocycles. The van der Waals surface area contributed by atoms with Crippen LogP contribution in [0.3, 0.4) is 0 Å². The number of hydrogen-bond donors (Lipinski definition) is 0. The lowest BCUT2D eigenvalue weighted by atomic mass is 10.1. The van der Waals surface area contributed by atoms with Gasteiger partial charge in [-0.15, -0.1) is 0 Å². The minimum absolute atomic E-state index is 0.776. The molecule has 0 amide bonds. The van der Waals surface area contributed by atoms with Crippen molar-refractivity contribution in [2.45, 2.75) is 0 Å². The number of benzene rings is 1. The van der Waals surface area contributed by atoms with Crippen molar-refractivity contribution >= 4 is 23.1 Å². The van der Waals surface area contributed by atoms with Gasteiger partial charge in [-0.25, -0.2) is 4.37 Å². The van der Waals surface area contributed by atoms with E-state index in [1.54, 1.807) is 0 Å². The van der Waals surface area contributed by atoms with Crippen LogP contribution >= 0.6 is 23.1 Å². The van der Waals surface area contributed by atoms with Gasteiger partial charge in [-0.2, -0.15) is 0 Å². The molecule has 0 spiro atoms. The summed E-state index contributed by atoms with van der Waals surface area (Å²) in [4.78, 5) is 0. The molecule has 1 aromatic heterocycles. The first-order chi connectivity index (χ1) is 5.88. The highest BCUT2D eigenvalue weighted by atomic mass is 35.5. The standard InChI is InChI=1S/C9H6ClNS/c10-9-4-2-1-3-8(9)7-5-11-12-6-7/h1-6H. The summed E-state index contributed by atoms with van der Waals surface area (Å²) in [6.07, 6.45) is 1.83. The summed E-state index contributed by atoms with van der Waals surface area (Å²) in [6.45, 7) is 0. The Kier molecular flexibility index (Phi) is 2.11. The Hall–Kier alpha value is -0.860. The van der Waals surface area contributed by atoms with Crippen LogP contribution in [-0.4, -0.2) is 4.37 Å². The molecule has 0 N–H and O–H groups in total. The van der Waals surface area contributed by atoms with Gasteiger partial charge in [0.05, 0.1) is 0 Å². The summed E-state index contributed by atoms with van der Waals surface area (Å²) in [5.74, 6) is 0. The van der Waals surface area contributed by atoms with E-state index in [-0.39, 0.29) is 0 Å². The van der Waals surface area contributed by atoms with Gasteiger partial charge in [0, 0.05) is 27.7 Å². The Bertz CT molecular complexity index is 370. The lowest BCUT2D eigenvalue weighted by Gasteiger charge is -1.98. The van der Waals surface area contributed by atoms with Crippen LogP contribution in [0.5, 0.6) is 0 Å². The van der Waals surface area contributed by atoms with Crippen LogP contribution in [0.2, 0.25) is 5.02 Å². The fraction of sp³-hybridized carbons (Fsp3) is 0. The Morgan fingerprint density at radius 3 is 2.75 bits per heavy atom. The molecular weight excluding hydrogens is 190 g/mol. The molecule has 0 atom stereocenters. The summed E-state index contributed by atoms with van der Waals surface area (Å²) < 4.78 is 4.02. The van der Waals surface area contributed by atoms with Crippen molar-refractivity contribution in [2.24, 2.45) is 0 Å². The highest BCUT2D eigenvalue weighted by Gasteiger charge is 2.01. The zero-order valence-corrected chi connectivity index (χ0v) is 7.77. The second-order valence-corrected chi connectivity index (χ2v) is 3.46. The van der Waals surface area contributed by atoms with Gasteiger partial charge >= 0.3 is 0 Å². The SMILES string of the molecule is Clc1ccccc1-c1cnsc1. The molecule has 1 nitrogen and oxygen atoms in total. The molecule has 0 aliphatic heterocycles. The average molecular weight is 196 g/mol. The van der Waals surface area contributed by atoms with E-state index in [9.17, 15) is 0 Å². The Morgan fingerprint density at radius 1 is 1.25 bits per heavy atom. The Labute approximate surface area is 79.8 Å². The van der Waals surface area contributed by atoms with Crippen molar-refractivity contribution in [1.29, 1.82) is 0 Å². The number of hydrogen-bond acceptors (Lipinski definition) is 2. The van der Waals surface area contributed by atoms with Crippen LogP contribution in [0.1, 0.15) is 0 Å². The molecule has 1 heterocycles. The zero-order chi connectivity index (χ0) is 8.39. The number of rotatable bonds is 1.